The van der Waals surface area contributed by atoms with Crippen LogP contribution in [0.15, 0.2) is 66.3 Å². The van der Waals surface area contributed by atoms with E-state index in [2.05, 4.69) is 31.9 Å². The van der Waals surface area contributed by atoms with E-state index in [1.165, 1.54) is 0 Å². The first-order valence-electron chi connectivity index (χ1n) is 6.08. The van der Waals surface area contributed by atoms with Crippen molar-refractivity contribution >= 4 is 53.8 Å². The van der Waals surface area contributed by atoms with Crippen molar-refractivity contribution in [3.05, 3.63) is 57.5 Å². The van der Waals surface area contributed by atoms with Gasteiger partial charge in [0.15, 0.2) is 11.5 Å². The van der Waals surface area contributed by atoms with Gasteiger partial charge >= 0.3 is 0 Å². The monoisotopic (exact) mass is 390 g/mol. The number of rotatable bonds is 1. The smallest absolute Gasteiger partial charge is 0.170 e. The number of hydrogen-bond donors (Lipinski definition) is 0. The molecule has 0 bridgehead atoms. The summed E-state index contributed by atoms with van der Waals surface area (Å²) in [5.74, 6) is 1.48. The molecule has 4 heteroatoms. The van der Waals surface area contributed by atoms with E-state index in [-0.39, 0.29) is 0 Å². The molecule has 0 N–H and O–H groups in total. The Morgan fingerprint density at radius 2 is 1.05 bits per heavy atom. The third-order valence-electron chi connectivity index (χ3n) is 3.20. The van der Waals surface area contributed by atoms with Crippen molar-refractivity contribution in [2.45, 2.75) is 0 Å². The van der Waals surface area contributed by atoms with Crippen LogP contribution in [0.2, 0.25) is 0 Å². The van der Waals surface area contributed by atoms with Gasteiger partial charge in [0.05, 0.1) is 0 Å². The number of hydrogen-bond acceptors (Lipinski definition) is 2. The molecule has 0 atom stereocenters. The van der Waals surface area contributed by atoms with Gasteiger partial charge in [0.1, 0.15) is 11.2 Å². The molecule has 0 spiro atoms. The molecule has 2 nitrogen and oxygen atoms in total. The Kier molecular flexibility index (Phi) is 2.75. The highest BCUT2D eigenvalue weighted by Crippen LogP contribution is 2.33. The molecular weight excluding hydrogens is 384 g/mol. The summed E-state index contributed by atoms with van der Waals surface area (Å²) in [6, 6.07) is 15.9. The summed E-state index contributed by atoms with van der Waals surface area (Å²) in [5, 5.41) is 2.10. The Labute approximate surface area is 131 Å². The standard InChI is InChI=1S/C16H8Br2O2/c17-11-1-3-13-9(5-11)7-15(19-13)16-8-10-6-12(18)2-4-14(10)20-16/h1-8H. The Hall–Kier alpha value is -1.52. The molecule has 0 aliphatic rings. The topological polar surface area (TPSA) is 26.3 Å². The van der Waals surface area contributed by atoms with E-state index in [0.29, 0.717) is 0 Å². The zero-order valence-corrected chi connectivity index (χ0v) is 13.4. The molecule has 4 aromatic rings. The first-order valence-corrected chi connectivity index (χ1v) is 7.66. The molecule has 0 unspecified atom stereocenters. The molecule has 0 fully saturated rings. The normalized spacial score (nSPS) is 11.5. The first-order chi connectivity index (χ1) is 9.69. The first kappa shape index (κ1) is 12.2. The van der Waals surface area contributed by atoms with Gasteiger partial charge in [0.25, 0.3) is 0 Å². The number of benzene rings is 2. The Morgan fingerprint density at radius 1 is 0.600 bits per heavy atom. The molecule has 2 aromatic heterocycles. The highest BCUT2D eigenvalue weighted by Gasteiger charge is 2.11. The fourth-order valence-corrected chi connectivity index (χ4v) is 3.03. The van der Waals surface area contributed by atoms with Gasteiger partial charge < -0.3 is 8.83 Å². The maximum Gasteiger partial charge on any atom is 0.170 e. The van der Waals surface area contributed by atoms with Crippen LogP contribution in [0.25, 0.3) is 33.5 Å². The molecule has 0 amide bonds. The summed E-state index contributed by atoms with van der Waals surface area (Å²) in [7, 11) is 0. The summed E-state index contributed by atoms with van der Waals surface area (Å²) in [5.41, 5.74) is 1.70. The van der Waals surface area contributed by atoms with Crippen molar-refractivity contribution in [2.24, 2.45) is 0 Å². The second kappa shape index (κ2) is 4.50. The van der Waals surface area contributed by atoms with Crippen LogP contribution in [0, 0.1) is 0 Å². The lowest BCUT2D eigenvalue weighted by Crippen LogP contribution is -1.63. The lowest BCUT2D eigenvalue weighted by atomic mass is 10.2. The van der Waals surface area contributed by atoms with Crippen LogP contribution < -0.4 is 0 Å². The van der Waals surface area contributed by atoms with E-state index in [0.717, 1.165) is 42.4 Å². The van der Waals surface area contributed by atoms with Crippen molar-refractivity contribution in [1.29, 1.82) is 0 Å². The zero-order chi connectivity index (χ0) is 13.7. The number of fused-ring (bicyclic) bond motifs is 2. The minimum absolute atomic E-state index is 0.741. The van der Waals surface area contributed by atoms with E-state index in [9.17, 15) is 0 Å². The van der Waals surface area contributed by atoms with Crippen LogP contribution in [0.1, 0.15) is 0 Å². The molecule has 98 valence electrons. The third kappa shape index (κ3) is 2.00. The Balaban J connectivity index is 1.91. The van der Waals surface area contributed by atoms with Crippen molar-refractivity contribution in [3.8, 4) is 11.5 Å². The molecule has 0 radical (unpaired) electrons. The SMILES string of the molecule is Brc1ccc2oc(-c3cc4cc(Br)ccc4o3)cc2c1. The van der Waals surface area contributed by atoms with E-state index in [4.69, 9.17) is 8.83 Å². The maximum absolute atomic E-state index is 5.84. The van der Waals surface area contributed by atoms with Crippen LogP contribution in [-0.2, 0) is 0 Å². The van der Waals surface area contributed by atoms with Crippen molar-refractivity contribution in [3.63, 3.8) is 0 Å². The average Bonchev–Trinajstić information content (AvgIpc) is 3.00. The van der Waals surface area contributed by atoms with Gasteiger partial charge in [-0.25, -0.2) is 0 Å². The molecular formula is C16H8Br2O2. The van der Waals surface area contributed by atoms with Gasteiger partial charge in [-0.05, 0) is 48.5 Å². The second-order valence-electron chi connectivity index (χ2n) is 4.59. The fourth-order valence-electron chi connectivity index (χ4n) is 2.27. The van der Waals surface area contributed by atoms with E-state index >= 15 is 0 Å². The van der Waals surface area contributed by atoms with Gasteiger partial charge in [-0.2, -0.15) is 0 Å². The highest BCUT2D eigenvalue weighted by atomic mass is 79.9. The van der Waals surface area contributed by atoms with Crippen molar-refractivity contribution in [2.75, 3.05) is 0 Å². The van der Waals surface area contributed by atoms with Crippen LogP contribution in [0.4, 0.5) is 0 Å². The molecule has 20 heavy (non-hydrogen) atoms. The Bertz CT molecular complexity index is 856. The molecule has 2 heterocycles. The maximum atomic E-state index is 5.84. The summed E-state index contributed by atoms with van der Waals surface area (Å²) in [6.07, 6.45) is 0. The average molecular weight is 392 g/mol. The highest BCUT2D eigenvalue weighted by molar-refractivity contribution is 9.10. The molecule has 0 aliphatic carbocycles. The van der Waals surface area contributed by atoms with Crippen LogP contribution in [0.3, 0.4) is 0 Å². The quantitative estimate of drug-likeness (QED) is 0.376. The van der Waals surface area contributed by atoms with Gasteiger partial charge in [0, 0.05) is 19.7 Å². The number of halogens is 2. The predicted molar refractivity (Wildman–Crippen MR) is 86.8 cm³/mol. The minimum Gasteiger partial charge on any atom is -0.453 e. The van der Waals surface area contributed by atoms with Crippen molar-refractivity contribution < 1.29 is 8.83 Å². The van der Waals surface area contributed by atoms with Gasteiger partial charge in [-0.1, -0.05) is 31.9 Å². The summed E-state index contributed by atoms with van der Waals surface area (Å²) in [6.45, 7) is 0. The Morgan fingerprint density at radius 3 is 1.50 bits per heavy atom. The van der Waals surface area contributed by atoms with E-state index in [1.54, 1.807) is 0 Å². The lowest BCUT2D eigenvalue weighted by Gasteiger charge is -1.89. The van der Waals surface area contributed by atoms with E-state index in [1.807, 2.05) is 48.5 Å². The van der Waals surface area contributed by atoms with Gasteiger partial charge in [-0.15, -0.1) is 0 Å². The minimum atomic E-state index is 0.741. The molecule has 2 aromatic carbocycles. The largest absolute Gasteiger partial charge is 0.453 e. The van der Waals surface area contributed by atoms with Crippen LogP contribution >= 0.6 is 31.9 Å². The van der Waals surface area contributed by atoms with E-state index < -0.39 is 0 Å². The number of furan rings is 2. The second-order valence-corrected chi connectivity index (χ2v) is 6.42. The van der Waals surface area contributed by atoms with Gasteiger partial charge in [0.2, 0.25) is 0 Å². The summed E-state index contributed by atoms with van der Waals surface area (Å²) in [4.78, 5) is 0. The zero-order valence-electron chi connectivity index (χ0n) is 10.2. The molecule has 4 rings (SSSR count). The molecule has 0 saturated heterocycles. The lowest BCUT2D eigenvalue weighted by molar-refractivity contribution is 0.569. The third-order valence-corrected chi connectivity index (χ3v) is 4.19. The van der Waals surface area contributed by atoms with Crippen molar-refractivity contribution in [1.82, 2.24) is 0 Å². The fraction of sp³-hybridized carbons (Fsp3) is 0. The summed E-state index contributed by atoms with van der Waals surface area (Å²) < 4.78 is 13.8. The predicted octanol–water partition coefficient (Wildman–Crippen LogP) is 6.37. The van der Waals surface area contributed by atoms with Crippen LogP contribution in [0.5, 0.6) is 0 Å². The molecule has 0 saturated carbocycles. The van der Waals surface area contributed by atoms with Crippen LogP contribution in [-0.4, -0.2) is 0 Å². The molecule has 0 aliphatic heterocycles. The van der Waals surface area contributed by atoms with Gasteiger partial charge in [-0.3, -0.25) is 0 Å². The summed E-state index contributed by atoms with van der Waals surface area (Å²) >= 11 is 6.93.